The van der Waals surface area contributed by atoms with Crippen LogP contribution >= 0.6 is 0 Å². The molecule has 5 nitrogen and oxygen atoms in total. The van der Waals surface area contributed by atoms with Gasteiger partial charge in [-0.2, -0.15) is 12.1 Å². The Morgan fingerprint density at radius 3 is 1.71 bits per heavy atom. The zero-order chi connectivity index (χ0) is 44.0. The Labute approximate surface area is 385 Å². The van der Waals surface area contributed by atoms with Crippen LogP contribution in [0.2, 0.25) is 0 Å². The van der Waals surface area contributed by atoms with Crippen LogP contribution in [0.25, 0.3) is 27.6 Å². The van der Waals surface area contributed by atoms with E-state index in [1.54, 1.807) is 0 Å². The van der Waals surface area contributed by atoms with E-state index < -0.39 is 0 Å². The van der Waals surface area contributed by atoms with Crippen molar-refractivity contribution in [1.29, 1.82) is 0 Å². The molecule has 0 spiro atoms. The first-order valence-corrected chi connectivity index (χ1v) is 21.8. The molecule has 0 saturated carbocycles. The Hall–Kier alpha value is -4.86. The van der Waals surface area contributed by atoms with Crippen LogP contribution < -0.4 is 14.5 Å². The summed E-state index contributed by atoms with van der Waals surface area (Å²) >= 11 is 0. The molecular formula is C56H63N4OPt-3. The van der Waals surface area contributed by atoms with Crippen LogP contribution in [0.4, 0.5) is 22.7 Å². The Morgan fingerprint density at radius 2 is 1.08 bits per heavy atom. The molecule has 5 aromatic carbocycles. The summed E-state index contributed by atoms with van der Waals surface area (Å²) in [5, 5.41) is 2.28. The quantitative estimate of drug-likeness (QED) is 0.161. The van der Waals surface area contributed by atoms with Crippen molar-refractivity contribution < 1.29 is 25.8 Å². The van der Waals surface area contributed by atoms with Crippen LogP contribution in [0, 0.1) is 18.8 Å². The number of ether oxygens (including phenoxy) is 1. The Bertz CT molecular complexity index is 2760. The molecular weight excluding hydrogens is 940 g/mol. The van der Waals surface area contributed by atoms with E-state index in [-0.39, 0.29) is 48.1 Å². The van der Waals surface area contributed by atoms with Crippen molar-refractivity contribution >= 4 is 44.6 Å². The molecule has 1 aliphatic heterocycles. The van der Waals surface area contributed by atoms with E-state index in [1.165, 1.54) is 33.2 Å². The van der Waals surface area contributed by atoms with Crippen molar-refractivity contribution in [2.75, 3.05) is 9.80 Å². The SMILES string of the molecule is CC(C)(C)c1cc(N2[CH-]N(c3[c-]c(Oc4[c-]c5c(cc4)c4cc(C(C)(C)C)ccc4n5-c4cc(C(C)(C)C)ccn4)ccc3)c3ccc(C(C)(C)C)cc32)cc(C(C)(C)C)c1.[Pt]. The second-order valence-corrected chi connectivity index (χ2v) is 22.1. The molecule has 3 heterocycles. The van der Waals surface area contributed by atoms with Gasteiger partial charge in [-0.15, -0.1) is 48.1 Å². The predicted octanol–water partition coefficient (Wildman–Crippen LogP) is 15.5. The molecule has 62 heavy (non-hydrogen) atoms. The van der Waals surface area contributed by atoms with Crippen LogP contribution in [0.15, 0.2) is 103 Å². The number of hydrogen-bond donors (Lipinski definition) is 0. The van der Waals surface area contributed by atoms with Gasteiger partial charge in [-0.25, -0.2) is 4.98 Å². The largest absolute Gasteiger partial charge is 0.509 e. The van der Waals surface area contributed by atoms with Gasteiger partial charge < -0.3 is 19.1 Å². The smallest absolute Gasteiger partial charge is 0.135 e. The molecule has 7 aromatic rings. The maximum Gasteiger partial charge on any atom is 0.135 e. The van der Waals surface area contributed by atoms with Gasteiger partial charge in [0.25, 0.3) is 0 Å². The van der Waals surface area contributed by atoms with Crippen LogP contribution in [-0.2, 0) is 48.1 Å². The number of rotatable bonds is 5. The molecule has 0 aliphatic carbocycles. The molecule has 0 fully saturated rings. The molecule has 8 rings (SSSR count). The normalized spacial score (nSPS) is 13.8. The topological polar surface area (TPSA) is 33.5 Å². The maximum atomic E-state index is 6.70. The second kappa shape index (κ2) is 15.7. The van der Waals surface area contributed by atoms with E-state index in [0.29, 0.717) is 11.5 Å². The standard InChI is InChI=1S/C56H63N4O.Pt/c1-52(2,3)36-19-23-47-46(30-36)45-22-21-44(34-49(45)60(47)51-32-38(25-26-57-51)54(7,8)9)61-43-18-16-17-41(33-43)58-35-59(50-31-37(53(4,5)6)20-24-48(50)58)42-28-39(55(10,11)12)27-40(29-42)56(13,14)15;/h16-32,35H,1-15H3;/q-3;. The van der Waals surface area contributed by atoms with Gasteiger partial charge >= 0.3 is 0 Å². The van der Waals surface area contributed by atoms with Crippen LogP contribution in [0.3, 0.4) is 0 Å². The van der Waals surface area contributed by atoms with Crippen LogP contribution in [-0.4, -0.2) is 9.55 Å². The van der Waals surface area contributed by atoms with Gasteiger partial charge in [-0.05, 0) is 103 Å². The summed E-state index contributed by atoms with van der Waals surface area (Å²) in [5.74, 6) is 2.09. The van der Waals surface area contributed by atoms with Crippen molar-refractivity contribution in [2.45, 2.75) is 131 Å². The molecule has 0 N–H and O–H groups in total. The zero-order valence-corrected chi connectivity index (χ0v) is 41.7. The maximum absolute atomic E-state index is 6.70. The predicted molar refractivity (Wildman–Crippen MR) is 258 cm³/mol. The van der Waals surface area contributed by atoms with Gasteiger partial charge in [-0.1, -0.05) is 134 Å². The number of anilines is 4. The Morgan fingerprint density at radius 1 is 0.500 bits per heavy atom. The summed E-state index contributed by atoms with van der Waals surface area (Å²) in [6, 6.07) is 42.7. The number of benzene rings is 5. The minimum absolute atomic E-state index is 0. The van der Waals surface area contributed by atoms with E-state index in [2.05, 4.69) is 216 Å². The van der Waals surface area contributed by atoms with E-state index in [9.17, 15) is 0 Å². The number of hydrogen-bond acceptors (Lipinski definition) is 4. The number of pyridine rings is 1. The third kappa shape index (κ3) is 8.72. The Kier molecular flexibility index (Phi) is 11.5. The third-order valence-electron chi connectivity index (χ3n) is 12.1. The number of nitrogens with zero attached hydrogens (tertiary/aromatic N) is 4. The third-order valence-corrected chi connectivity index (χ3v) is 12.1. The van der Waals surface area contributed by atoms with E-state index in [4.69, 9.17) is 9.72 Å². The van der Waals surface area contributed by atoms with Crippen LogP contribution in [0.5, 0.6) is 11.5 Å². The van der Waals surface area contributed by atoms with Gasteiger partial charge in [0.05, 0.1) is 0 Å². The summed E-state index contributed by atoms with van der Waals surface area (Å²) in [6.07, 6.45) is 1.92. The molecule has 6 heteroatoms. The van der Waals surface area contributed by atoms with Crippen molar-refractivity contribution in [3.05, 3.63) is 150 Å². The van der Waals surface area contributed by atoms with Gasteiger partial charge in [0, 0.05) is 61.3 Å². The molecule has 1 aliphatic rings. The molecule has 0 amide bonds. The van der Waals surface area contributed by atoms with Crippen molar-refractivity contribution in [2.24, 2.45) is 0 Å². The fraction of sp³-hybridized carbons (Fsp3) is 0.357. The fourth-order valence-corrected chi connectivity index (χ4v) is 8.09. The molecule has 0 saturated heterocycles. The first-order valence-electron chi connectivity index (χ1n) is 21.8. The Balaban J connectivity index is 0.00000578. The minimum Gasteiger partial charge on any atom is -0.509 e. The first kappa shape index (κ1) is 45.2. The molecule has 2 aromatic heterocycles. The molecule has 0 bridgehead atoms. The molecule has 326 valence electrons. The molecule has 0 radical (unpaired) electrons. The average molecular weight is 1000 g/mol. The monoisotopic (exact) mass is 1000 g/mol. The van der Waals surface area contributed by atoms with Crippen molar-refractivity contribution in [3.63, 3.8) is 0 Å². The van der Waals surface area contributed by atoms with E-state index >= 15 is 0 Å². The number of fused-ring (bicyclic) bond motifs is 4. The second-order valence-electron chi connectivity index (χ2n) is 22.1. The van der Waals surface area contributed by atoms with Crippen molar-refractivity contribution in [1.82, 2.24) is 9.55 Å². The van der Waals surface area contributed by atoms with Crippen molar-refractivity contribution in [3.8, 4) is 17.3 Å². The average Bonchev–Trinajstić information content (AvgIpc) is 3.71. The molecule has 0 atom stereocenters. The summed E-state index contributed by atoms with van der Waals surface area (Å²) < 4.78 is 8.93. The van der Waals surface area contributed by atoms with Gasteiger partial charge in [-0.3, -0.25) is 0 Å². The summed E-state index contributed by atoms with van der Waals surface area (Å²) in [4.78, 5) is 9.51. The van der Waals surface area contributed by atoms with E-state index in [0.717, 1.165) is 45.0 Å². The number of aromatic nitrogens is 2. The zero-order valence-electron chi connectivity index (χ0n) is 39.4. The summed E-state index contributed by atoms with van der Waals surface area (Å²) in [7, 11) is 0. The van der Waals surface area contributed by atoms with E-state index in [1.807, 2.05) is 24.4 Å². The fourth-order valence-electron chi connectivity index (χ4n) is 8.09. The van der Waals surface area contributed by atoms with Gasteiger partial charge in [0.1, 0.15) is 5.82 Å². The molecule has 0 unspecified atom stereocenters. The van der Waals surface area contributed by atoms with Gasteiger partial charge in [0.15, 0.2) is 0 Å². The van der Waals surface area contributed by atoms with Gasteiger partial charge in [0.2, 0.25) is 0 Å². The first-order chi connectivity index (χ1) is 28.4. The summed E-state index contributed by atoms with van der Waals surface area (Å²) in [5.41, 5.74) is 12.7. The minimum atomic E-state index is -0.0281. The summed E-state index contributed by atoms with van der Waals surface area (Å²) in [6.45, 7) is 36.3. The van der Waals surface area contributed by atoms with Crippen LogP contribution in [0.1, 0.15) is 132 Å².